The first-order chi connectivity index (χ1) is 13.6. The number of rotatable bonds is 4. The van der Waals surface area contributed by atoms with Crippen molar-refractivity contribution in [2.75, 3.05) is 23.3 Å². The second kappa shape index (κ2) is 7.24. The Morgan fingerprint density at radius 2 is 1.96 bits per heavy atom. The maximum Gasteiger partial charge on any atom is 0.260 e. The fourth-order valence-corrected chi connectivity index (χ4v) is 3.55. The van der Waals surface area contributed by atoms with Crippen LogP contribution >= 0.6 is 0 Å². The number of hydrogen-bond acceptors (Lipinski definition) is 4. The van der Waals surface area contributed by atoms with Crippen molar-refractivity contribution in [2.24, 2.45) is 0 Å². The van der Waals surface area contributed by atoms with Gasteiger partial charge < -0.3 is 14.6 Å². The van der Waals surface area contributed by atoms with E-state index in [4.69, 9.17) is 4.42 Å². The highest BCUT2D eigenvalue weighted by atomic mass is 19.1. The van der Waals surface area contributed by atoms with Crippen LogP contribution in [-0.2, 0) is 0 Å². The normalized spacial score (nSPS) is 13.5. The summed E-state index contributed by atoms with van der Waals surface area (Å²) in [5.41, 5.74) is 1.16. The molecule has 0 aliphatic carbocycles. The van der Waals surface area contributed by atoms with E-state index in [1.54, 1.807) is 48.1 Å². The van der Waals surface area contributed by atoms with Crippen LogP contribution in [0.25, 0.3) is 5.88 Å². The van der Waals surface area contributed by atoms with Gasteiger partial charge in [-0.2, -0.15) is 5.26 Å². The molecule has 1 saturated heterocycles. The topological polar surface area (TPSA) is 74.2 Å². The molecule has 1 aliphatic heterocycles. The van der Waals surface area contributed by atoms with Crippen LogP contribution < -0.4 is 10.2 Å². The first-order valence-corrected chi connectivity index (χ1v) is 9.11. The molecule has 1 amide bonds. The van der Waals surface area contributed by atoms with Crippen LogP contribution in [0.15, 0.2) is 47.1 Å². The van der Waals surface area contributed by atoms with Gasteiger partial charge in [0.15, 0.2) is 0 Å². The Balaban J connectivity index is 1.61. The number of benzene rings is 1. The summed E-state index contributed by atoms with van der Waals surface area (Å²) in [7, 11) is 0. The molecule has 28 heavy (non-hydrogen) atoms. The van der Waals surface area contributed by atoms with Crippen LogP contribution in [0.5, 0.6) is 0 Å². The Hall–Kier alpha value is -3.53. The first kappa shape index (κ1) is 17.9. The summed E-state index contributed by atoms with van der Waals surface area (Å²) in [6, 6.07) is 10.3. The molecule has 142 valence electrons. The van der Waals surface area contributed by atoms with Crippen LogP contribution in [-0.4, -0.2) is 23.6 Å². The molecule has 0 saturated carbocycles. The molecule has 3 aromatic rings. The zero-order chi connectivity index (χ0) is 19.7. The molecule has 0 atom stereocenters. The van der Waals surface area contributed by atoms with Crippen molar-refractivity contribution in [3.63, 3.8) is 0 Å². The third-order valence-corrected chi connectivity index (χ3v) is 4.90. The van der Waals surface area contributed by atoms with Crippen LogP contribution in [0.1, 0.15) is 34.5 Å². The number of nitrogens with zero attached hydrogens (tertiary/aromatic N) is 3. The van der Waals surface area contributed by atoms with Gasteiger partial charge in [-0.25, -0.2) is 4.39 Å². The number of amides is 1. The summed E-state index contributed by atoms with van der Waals surface area (Å²) < 4.78 is 21.8. The number of aromatic nitrogens is 1. The molecule has 1 N–H and O–H groups in total. The summed E-state index contributed by atoms with van der Waals surface area (Å²) in [4.78, 5) is 14.8. The Kier molecular flexibility index (Phi) is 4.62. The quantitative estimate of drug-likeness (QED) is 0.737. The van der Waals surface area contributed by atoms with Crippen LogP contribution in [0.3, 0.4) is 0 Å². The third kappa shape index (κ3) is 3.14. The fraction of sp³-hybridized carbons (Fsp3) is 0.238. The van der Waals surface area contributed by atoms with Gasteiger partial charge >= 0.3 is 0 Å². The maximum absolute atomic E-state index is 14.5. The average Bonchev–Trinajstić information content (AvgIpc) is 3.42. The fourth-order valence-electron chi connectivity index (χ4n) is 3.55. The van der Waals surface area contributed by atoms with Gasteiger partial charge in [-0.1, -0.05) is 0 Å². The smallest absolute Gasteiger partial charge is 0.260 e. The summed E-state index contributed by atoms with van der Waals surface area (Å²) in [6.45, 7) is 3.30. The number of furan rings is 1. The van der Waals surface area contributed by atoms with Crippen LogP contribution in [0.2, 0.25) is 0 Å². The molecule has 0 bridgehead atoms. The number of carbonyl (C=O) groups excluding carboxylic acids is 1. The van der Waals surface area contributed by atoms with E-state index in [0.29, 0.717) is 17.1 Å². The number of aryl methyl sites for hydroxylation is 1. The standard InChI is InChI=1S/C21H19FN4O2/c1-14-19(16(13-23)21(28-14)26-10-4-5-11-26)20(27)24-15-6-7-18(17(22)12-15)25-8-2-3-9-25/h4-7,10-12H,2-3,8-9H2,1H3,(H,24,27). The molecule has 2 aromatic heterocycles. The first-order valence-electron chi connectivity index (χ1n) is 9.11. The molecule has 7 heteroatoms. The van der Waals surface area contributed by atoms with Crippen molar-refractivity contribution in [3.05, 3.63) is 65.4 Å². The van der Waals surface area contributed by atoms with E-state index in [2.05, 4.69) is 5.32 Å². The highest BCUT2D eigenvalue weighted by molar-refractivity contribution is 6.07. The monoisotopic (exact) mass is 378 g/mol. The molecule has 6 nitrogen and oxygen atoms in total. The van der Waals surface area contributed by atoms with E-state index in [1.165, 1.54) is 6.07 Å². The van der Waals surface area contributed by atoms with Gasteiger partial charge in [0, 0.05) is 31.2 Å². The van der Waals surface area contributed by atoms with E-state index in [0.717, 1.165) is 25.9 Å². The predicted octanol–water partition coefficient (Wildman–Crippen LogP) is 4.24. The summed E-state index contributed by atoms with van der Waals surface area (Å²) in [5, 5.41) is 12.2. The van der Waals surface area contributed by atoms with E-state index >= 15 is 0 Å². The third-order valence-electron chi connectivity index (χ3n) is 4.90. The number of hydrogen-bond donors (Lipinski definition) is 1. The Morgan fingerprint density at radius 3 is 2.61 bits per heavy atom. The minimum atomic E-state index is -0.510. The van der Waals surface area contributed by atoms with Crippen molar-refractivity contribution in [2.45, 2.75) is 19.8 Å². The van der Waals surface area contributed by atoms with E-state index in [9.17, 15) is 14.4 Å². The summed E-state index contributed by atoms with van der Waals surface area (Å²) >= 11 is 0. The average molecular weight is 378 g/mol. The molecule has 4 rings (SSSR count). The van der Waals surface area contributed by atoms with E-state index in [1.807, 2.05) is 11.0 Å². The van der Waals surface area contributed by atoms with Crippen molar-refractivity contribution in [3.8, 4) is 12.0 Å². The molecular formula is C21H19FN4O2. The lowest BCUT2D eigenvalue weighted by Gasteiger charge is -2.18. The second-order valence-electron chi connectivity index (χ2n) is 6.73. The molecule has 3 heterocycles. The number of carbonyl (C=O) groups is 1. The molecule has 0 spiro atoms. The van der Waals surface area contributed by atoms with E-state index in [-0.39, 0.29) is 22.8 Å². The lowest BCUT2D eigenvalue weighted by atomic mass is 10.1. The number of anilines is 2. The van der Waals surface area contributed by atoms with Gasteiger partial charge in [0.25, 0.3) is 5.91 Å². The molecule has 0 radical (unpaired) electrons. The van der Waals surface area contributed by atoms with Gasteiger partial charge in [-0.3, -0.25) is 9.36 Å². The van der Waals surface area contributed by atoms with Crippen molar-refractivity contribution in [1.82, 2.24) is 4.57 Å². The molecule has 1 aromatic carbocycles. The highest BCUT2D eigenvalue weighted by Crippen LogP contribution is 2.28. The molecule has 1 fully saturated rings. The minimum Gasteiger partial charge on any atom is -0.443 e. The summed E-state index contributed by atoms with van der Waals surface area (Å²) in [6.07, 6.45) is 5.57. The van der Waals surface area contributed by atoms with Gasteiger partial charge in [0.1, 0.15) is 28.8 Å². The summed E-state index contributed by atoms with van der Waals surface area (Å²) in [5.74, 6) is -0.278. The Morgan fingerprint density at radius 1 is 1.25 bits per heavy atom. The number of nitrogens with one attached hydrogen (secondary N) is 1. The van der Waals surface area contributed by atoms with Crippen LogP contribution in [0, 0.1) is 24.1 Å². The lowest BCUT2D eigenvalue weighted by molar-refractivity contribution is 0.102. The van der Waals surface area contributed by atoms with Crippen molar-refractivity contribution >= 4 is 17.3 Å². The van der Waals surface area contributed by atoms with Gasteiger partial charge in [0.05, 0.1) is 5.69 Å². The SMILES string of the molecule is Cc1oc(-n2cccc2)c(C#N)c1C(=O)Nc1ccc(N2CCCC2)c(F)c1. The molecule has 1 aliphatic rings. The highest BCUT2D eigenvalue weighted by Gasteiger charge is 2.25. The predicted molar refractivity (Wildman–Crippen MR) is 103 cm³/mol. The zero-order valence-electron chi connectivity index (χ0n) is 15.4. The number of nitriles is 1. The van der Waals surface area contributed by atoms with E-state index < -0.39 is 5.91 Å². The van der Waals surface area contributed by atoms with Crippen molar-refractivity contribution < 1.29 is 13.6 Å². The number of halogens is 1. The maximum atomic E-state index is 14.5. The van der Waals surface area contributed by atoms with Gasteiger partial charge in [-0.05, 0) is 50.1 Å². The lowest BCUT2D eigenvalue weighted by Crippen LogP contribution is -2.19. The van der Waals surface area contributed by atoms with Gasteiger partial charge in [-0.15, -0.1) is 0 Å². The molecule has 0 unspecified atom stereocenters. The second-order valence-corrected chi connectivity index (χ2v) is 6.73. The Bertz CT molecular complexity index is 1060. The van der Waals surface area contributed by atoms with Gasteiger partial charge in [0.2, 0.25) is 5.88 Å². The van der Waals surface area contributed by atoms with Crippen molar-refractivity contribution in [1.29, 1.82) is 5.26 Å². The largest absolute Gasteiger partial charge is 0.443 e. The Labute approximate surface area is 161 Å². The van der Waals surface area contributed by atoms with Crippen LogP contribution in [0.4, 0.5) is 15.8 Å². The molecular weight excluding hydrogens is 359 g/mol. The minimum absolute atomic E-state index is 0.139. The zero-order valence-corrected chi connectivity index (χ0v) is 15.4.